The molecule has 1 atom stereocenters. The molecule has 1 aromatic carbocycles. The highest BCUT2D eigenvalue weighted by Gasteiger charge is 2.23. The van der Waals surface area contributed by atoms with Gasteiger partial charge in [0.2, 0.25) is 0 Å². The first-order chi connectivity index (χ1) is 7.02. The Morgan fingerprint density at radius 3 is 2.27 bits per heavy atom. The molecule has 1 aromatic rings. The summed E-state index contributed by atoms with van der Waals surface area (Å²) in [6.45, 7) is 1.90. The van der Waals surface area contributed by atoms with Crippen molar-refractivity contribution in [1.82, 2.24) is 0 Å². The first kappa shape index (κ1) is 11.4. The van der Waals surface area contributed by atoms with E-state index in [1.165, 1.54) is 0 Å². The quantitative estimate of drug-likeness (QED) is 0.476. The Hall–Kier alpha value is -0.0800. The summed E-state index contributed by atoms with van der Waals surface area (Å²) in [5.41, 5.74) is 0.675. The largest absolute Gasteiger partial charge is 0.484 e. The van der Waals surface area contributed by atoms with E-state index in [1.807, 2.05) is 19.1 Å². The summed E-state index contributed by atoms with van der Waals surface area (Å²) in [4.78, 5) is 0. The van der Waals surface area contributed by atoms with Crippen molar-refractivity contribution in [3.63, 3.8) is 0 Å². The van der Waals surface area contributed by atoms with Gasteiger partial charge < -0.3 is 4.74 Å². The lowest BCUT2D eigenvalue weighted by Crippen LogP contribution is -2.13. The molecule has 0 spiro atoms. The number of hydrogen-bond donors (Lipinski definition) is 0. The minimum atomic E-state index is -0.0525. The van der Waals surface area contributed by atoms with Crippen molar-refractivity contribution in [2.75, 3.05) is 0 Å². The van der Waals surface area contributed by atoms with Crippen molar-refractivity contribution in [3.05, 3.63) is 31.7 Å². The molecule has 1 aliphatic heterocycles. The summed E-state index contributed by atoms with van der Waals surface area (Å²) in [7, 11) is 0. The fourth-order valence-corrected chi connectivity index (χ4v) is 2.31. The predicted molar refractivity (Wildman–Crippen MR) is 65.6 cm³/mol. The number of benzene rings is 1. The Balaban J connectivity index is 2.74. The van der Waals surface area contributed by atoms with Crippen LogP contribution in [-0.2, 0) is 0 Å². The van der Waals surface area contributed by atoms with Crippen molar-refractivity contribution in [1.29, 1.82) is 0 Å². The van der Waals surface area contributed by atoms with E-state index >= 15 is 0 Å². The maximum atomic E-state index is 6.03. The number of rotatable bonds is 0. The van der Waals surface area contributed by atoms with E-state index in [4.69, 9.17) is 51.1 Å². The standard InChI is InChI=1S/C10H6Cl4O/c1-4-2-3-5-6(11)7(12)8(13)9(14)10(5)15-4/h2-4H,1H3. The summed E-state index contributed by atoms with van der Waals surface area (Å²) in [6.07, 6.45) is 3.65. The topological polar surface area (TPSA) is 9.23 Å². The fourth-order valence-electron chi connectivity index (χ4n) is 1.35. The summed E-state index contributed by atoms with van der Waals surface area (Å²) >= 11 is 23.9. The van der Waals surface area contributed by atoms with Gasteiger partial charge in [-0.3, -0.25) is 0 Å². The molecule has 15 heavy (non-hydrogen) atoms. The lowest BCUT2D eigenvalue weighted by molar-refractivity contribution is 0.266. The molecule has 2 rings (SSSR count). The third kappa shape index (κ3) is 1.83. The SMILES string of the molecule is CC1C=Cc2c(Cl)c(Cl)c(Cl)c(Cl)c2O1. The second-order valence-electron chi connectivity index (χ2n) is 3.18. The van der Waals surface area contributed by atoms with Crippen LogP contribution in [0.4, 0.5) is 0 Å². The molecular weight excluding hydrogens is 278 g/mol. The molecule has 1 aliphatic rings. The zero-order valence-electron chi connectivity index (χ0n) is 7.65. The Kier molecular flexibility index (Phi) is 3.09. The molecule has 0 aromatic heterocycles. The van der Waals surface area contributed by atoms with Gasteiger partial charge in [0.1, 0.15) is 16.9 Å². The molecule has 1 nitrogen and oxygen atoms in total. The van der Waals surface area contributed by atoms with Crippen LogP contribution < -0.4 is 4.74 Å². The first-order valence-corrected chi connectivity index (χ1v) is 5.74. The highest BCUT2D eigenvalue weighted by Crippen LogP contribution is 2.47. The minimum absolute atomic E-state index is 0.0525. The molecule has 1 heterocycles. The third-order valence-corrected chi connectivity index (χ3v) is 3.90. The van der Waals surface area contributed by atoms with E-state index in [0.29, 0.717) is 21.4 Å². The summed E-state index contributed by atoms with van der Waals surface area (Å²) in [6, 6.07) is 0. The van der Waals surface area contributed by atoms with Crippen LogP contribution in [0.2, 0.25) is 20.1 Å². The molecule has 5 heteroatoms. The van der Waals surface area contributed by atoms with Gasteiger partial charge in [0.25, 0.3) is 0 Å². The number of ether oxygens (including phenoxy) is 1. The Morgan fingerprint density at radius 2 is 1.60 bits per heavy atom. The van der Waals surface area contributed by atoms with Crippen molar-refractivity contribution >= 4 is 52.5 Å². The van der Waals surface area contributed by atoms with Gasteiger partial charge in [-0.15, -0.1) is 0 Å². The monoisotopic (exact) mass is 282 g/mol. The van der Waals surface area contributed by atoms with Crippen LogP contribution in [0, 0.1) is 0 Å². The lowest BCUT2D eigenvalue weighted by atomic mass is 10.1. The molecule has 0 saturated heterocycles. The molecule has 0 amide bonds. The summed E-state index contributed by atoms with van der Waals surface area (Å²) in [5, 5.41) is 1.15. The normalized spacial score (nSPS) is 18.6. The predicted octanol–water partition coefficient (Wildman–Crippen LogP) is 5.09. The minimum Gasteiger partial charge on any atom is -0.484 e. The Bertz CT molecular complexity index is 453. The van der Waals surface area contributed by atoms with Gasteiger partial charge in [-0.1, -0.05) is 52.5 Å². The van der Waals surface area contributed by atoms with Crippen molar-refractivity contribution in [2.45, 2.75) is 13.0 Å². The van der Waals surface area contributed by atoms with E-state index in [0.717, 1.165) is 0 Å². The molecule has 0 bridgehead atoms. The lowest BCUT2D eigenvalue weighted by Gasteiger charge is -2.21. The highest BCUT2D eigenvalue weighted by atomic mass is 35.5. The van der Waals surface area contributed by atoms with E-state index < -0.39 is 0 Å². The molecule has 80 valence electrons. The molecule has 0 N–H and O–H groups in total. The van der Waals surface area contributed by atoms with Gasteiger partial charge in [-0.2, -0.15) is 0 Å². The second-order valence-corrected chi connectivity index (χ2v) is 4.69. The Labute approximate surface area is 108 Å². The summed E-state index contributed by atoms with van der Waals surface area (Å²) < 4.78 is 5.53. The molecule has 0 radical (unpaired) electrons. The van der Waals surface area contributed by atoms with Gasteiger partial charge in [0.15, 0.2) is 0 Å². The van der Waals surface area contributed by atoms with Crippen LogP contribution in [0.1, 0.15) is 12.5 Å². The van der Waals surface area contributed by atoms with Crippen molar-refractivity contribution in [2.24, 2.45) is 0 Å². The number of hydrogen-bond acceptors (Lipinski definition) is 1. The van der Waals surface area contributed by atoms with Crippen molar-refractivity contribution in [3.8, 4) is 5.75 Å². The average molecular weight is 284 g/mol. The van der Waals surface area contributed by atoms with E-state index in [-0.39, 0.29) is 16.1 Å². The van der Waals surface area contributed by atoms with Crippen LogP contribution in [0.25, 0.3) is 6.08 Å². The van der Waals surface area contributed by atoms with E-state index in [9.17, 15) is 0 Å². The van der Waals surface area contributed by atoms with Crippen LogP contribution in [0.3, 0.4) is 0 Å². The summed E-state index contributed by atoms with van der Waals surface area (Å²) in [5.74, 6) is 0.492. The van der Waals surface area contributed by atoms with Crippen LogP contribution in [0.5, 0.6) is 5.75 Å². The van der Waals surface area contributed by atoms with Gasteiger partial charge in [-0.25, -0.2) is 0 Å². The fraction of sp³-hybridized carbons (Fsp3) is 0.200. The van der Waals surface area contributed by atoms with E-state index in [2.05, 4.69) is 0 Å². The first-order valence-electron chi connectivity index (χ1n) is 4.23. The van der Waals surface area contributed by atoms with Gasteiger partial charge in [-0.05, 0) is 13.0 Å². The van der Waals surface area contributed by atoms with Gasteiger partial charge >= 0.3 is 0 Å². The van der Waals surface area contributed by atoms with Crippen LogP contribution >= 0.6 is 46.4 Å². The maximum absolute atomic E-state index is 6.03. The molecular formula is C10H6Cl4O. The van der Waals surface area contributed by atoms with E-state index in [1.54, 1.807) is 0 Å². The number of halogens is 4. The van der Waals surface area contributed by atoms with Crippen LogP contribution in [-0.4, -0.2) is 6.10 Å². The highest BCUT2D eigenvalue weighted by molar-refractivity contribution is 6.53. The molecule has 1 unspecified atom stereocenters. The zero-order valence-corrected chi connectivity index (χ0v) is 10.7. The third-order valence-electron chi connectivity index (χ3n) is 2.10. The van der Waals surface area contributed by atoms with Crippen molar-refractivity contribution < 1.29 is 4.74 Å². The Morgan fingerprint density at radius 1 is 1.00 bits per heavy atom. The second kappa shape index (κ2) is 4.06. The maximum Gasteiger partial charge on any atom is 0.149 e. The molecule has 0 saturated carbocycles. The zero-order chi connectivity index (χ0) is 11.2. The van der Waals surface area contributed by atoms with Crippen LogP contribution in [0.15, 0.2) is 6.08 Å². The number of fused-ring (bicyclic) bond motifs is 1. The van der Waals surface area contributed by atoms with Gasteiger partial charge in [0, 0.05) is 5.56 Å². The average Bonchev–Trinajstić information content (AvgIpc) is 2.23. The molecule has 0 fully saturated rings. The van der Waals surface area contributed by atoms with Gasteiger partial charge in [0.05, 0.1) is 15.1 Å². The molecule has 0 aliphatic carbocycles. The smallest absolute Gasteiger partial charge is 0.149 e.